The molecule has 0 saturated heterocycles. The minimum atomic E-state index is -0.546. The van der Waals surface area contributed by atoms with E-state index in [1.807, 2.05) is 31.2 Å². The molecule has 0 aliphatic heterocycles. The van der Waals surface area contributed by atoms with E-state index in [4.69, 9.17) is 18.0 Å². The van der Waals surface area contributed by atoms with E-state index in [0.29, 0.717) is 5.69 Å². The van der Waals surface area contributed by atoms with Crippen molar-refractivity contribution in [3.8, 4) is 0 Å². The Kier molecular flexibility index (Phi) is 4.65. The Morgan fingerprint density at radius 1 is 1.29 bits per heavy atom. The van der Waals surface area contributed by atoms with Gasteiger partial charge in [-0.25, -0.2) is 4.39 Å². The zero-order valence-electron chi connectivity index (χ0n) is 11.5. The highest BCUT2D eigenvalue weighted by Crippen LogP contribution is 2.19. The first-order valence-corrected chi connectivity index (χ1v) is 6.82. The number of anilines is 1. The fraction of sp³-hybridized carbons (Fsp3) is 0.125. The first-order chi connectivity index (χ1) is 9.97. The van der Waals surface area contributed by atoms with Crippen LogP contribution in [0.15, 0.2) is 42.5 Å². The van der Waals surface area contributed by atoms with E-state index in [2.05, 4.69) is 5.32 Å². The second kappa shape index (κ2) is 6.45. The molecule has 1 amide bonds. The van der Waals surface area contributed by atoms with Gasteiger partial charge in [0.25, 0.3) is 0 Å². The molecule has 2 aromatic rings. The Morgan fingerprint density at radius 2 is 2.00 bits per heavy atom. The fourth-order valence-corrected chi connectivity index (χ4v) is 2.29. The van der Waals surface area contributed by atoms with E-state index < -0.39 is 5.82 Å². The van der Waals surface area contributed by atoms with Crippen molar-refractivity contribution in [3.05, 3.63) is 65.0 Å². The van der Waals surface area contributed by atoms with Gasteiger partial charge in [0, 0.05) is 0 Å². The van der Waals surface area contributed by atoms with Gasteiger partial charge in [0.15, 0.2) is 0 Å². The van der Waals surface area contributed by atoms with Gasteiger partial charge in [0.1, 0.15) is 10.8 Å². The summed E-state index contributed by atoms with van der Waals surface area (Å²) < 4.78 is 13.7. The lowest BCUT2D eigenvalue weighted by Gasteiger charge is -2.11. The SMILES string of the molecule is Cc1cccc(CC(=O)Nc2cccc(F)c2C(N)=S)c1. The molecule has 0 fully saturated rings. The van der Waals surface area contributed by atoms with Crippen LogP contribution in [0.3, 0.4) is 0 Å². The second-order valence-electron chi connectivity index (χ2n) is 4.74. The van der Waals surface area contributed by atoms with Crippen molar-refractivity contribution in [2.24, 2.45) is 5.73 Å². The molecule has 2 aromatic carbocycles. The molecule has 5 heteroatoms. The van der Waals surface area contributed by atoms with Gasteiger partial charge in [-0.2, -0.15) is 0 Å². The van der Waals surface area contributed by atoms with E-state index in [9.17, 15) is 9.18 Å². The zero-order chi connectivity index (χ0) is 15.4. The number of benzene rings is 2. The molecular weight excluding hydrogens is 287 g/mol. The van der Waals surface area contributed by atoms with Gasteiger partial charge in [-0.3, -0.25) is 4.79 Å². The monoisotopic (exact) mass is 302 g/mol. The molecule has 108 valence electrons. The maximum Gasteiger partial charge on any atom is 0.228 e. The molecule has 0 radical (unpaired) electrons. The highest BCUT2D eigenvalue weighted by molar-refractivity contribution is 7.80. The summed E-state index contributed by atoms with van der Waals surface area (Å²) in [7, 11) is 0. The Bertz CT molecular complexity index is 700. The standard InChI is InChI=1S/C16H15FN2OS/c1-10-4-2-5-11(8-10)9-14(20)19-13-7-3-6-12(17)15(13)16(18)21/h2-8H,9H2,1H3,(H2,18,21)(H,19,20). The van der Waals surface area contributed by atoms with Crippen molar-refractivity contribution in [2.45, 2.75) is 13.3 Å². The lowest BCUT2D eigenvalue weighted by atomic mass is 10.1. The van der Waals surface area contributed by atoms with Crippen molar-refractivity contribution in [1.82, 2.24) is 0 Å². The van der Waals surface area contributed by atoms with Crippen LogP contribution >= 0.6 is 12.2 Å². The van der Waals surface area contributed by atoms with E-state index in [-0.39, 0.29) is 22.9 Å². The molecule has 2 rings (SSSR count). The van der Waals surface area contributed by atoms with E-state index in [1.54, 1.807) is 6.07 Å². The van der Waals surface area contributed by atoms with Crippen LogP contribution in [0.25, 0.3) is 0 Å². The summed E-state index contributed by atoms with van der Waals surface area (Å²) in [5, 5.41) is 2.65. The molecule has 0 bridgehead atoms. The van der Waals surface area contributed by atoms with Crippen LogP contribution in [0.4, 0.5) is 10.1 Å². The van der Waals surface area contributed by atoms with Crippen LogP contribution in [-0.2, 0) is 11.2 Å². The average Bonchev–Trinajstić information content (AvgIpc) is 2.37. The van der Waals surface area contributed by atoms with Gasteiger partial charge >= 0.3 is 0 Å². The molecule has 0 atom stereocenters. The summed E-state index contributed by atoms with van der Waals surface area (Å²) in [5.74, 6) is -0.792. The predicted molar refractivity (Wildman–Crippen MR) is 85.8 cm³/mol. The first kappa shape index (κ1) is 15.1. The molecule has 0 aliphatic carbocycles. The number of nitrogens with one attached hydrogen (secondary N) is 1. The molecule has 21 heavy (non-hydrogen) atoms. The van der Waals surface area contributed by atoms with Gasteiger partial charge < -0.3 is 11.1 Å². The van der Waals surface area contributed by atoms with Crippen LogP contribution in [0.1, 0.15) is 16.7 Å². The summed E-state index contributed by atoms with van der Waals surface area (Å²) >= 11 is 4.82. The number of amides is 1. The van der Waals surface area contributed by atoms with Gasteiger partial charge in [-0.05, 0) is 24.6 Å². The van der Waals surface area contributed by atoms with Gasteiger partial charge in [0.05, 0.1) is 17.7 Å². The second-order valence-corrected chi connectivity index (χ2v) is 5.18. The topological polar surface area (TPSA) is 55.1 Å². The number of halogens is 1. The van der Waals surface area contributed by atoms with Crippen molar-refractivity contribution < 1.29 is 9.18 Å². The minimum Gasteiger partial charge on any atom is -0.389 e. The third-order valence-electron chi connectivity index (χ3n) is 2.98. The average molecular weight is 302 g/mol. The summed E-state index contributed by atoms with van der Waals surface area (Å²) in [4.78, 5) is 12.0. The van der Waals surface area contributed by atoms with Crippen molar-refractivity contribution >= 4 is 28.8 Å². The highest BCUT2D eigenvalue weighted by Gasteiger charge is 2.13. The van der Waals surface area contributed by atoms with Crippen LogP contribution in [0, 0.1) is 12.7 Å². The molecule has 0 spiro atoms. The number of rotatable bonds is 4. The third kappa shape index (κ3) is 3.86. The number of aryl methyl sites for hydroxylation is 1. The molecular formula is C16H15FN2OS. The zero-order valence-corrected chi connectivity index (χ0v) is 12.3. The molecule has 0 aromatic heterocycles. The van der Waals surface area contributed by atoms with Crippen molar-refractivity contribution in [1.29, 1.82) is 0 Å². The Morgan fingerprint density at radius 3 is 2.67 bits per heavy atom. The first-order valence-electron chi connectivity index (χ1n) is 6.41. The molecule has 0 heterocycles. The number of hydrogen-bond donors (Lipinski definition) is 2. The van der Waals surface area contributed by atoms with E-state index in [0.717, 1.165) is 11.1 Å². The number of thiocarbonyl (C=S) groups is 1. The highest BCUT2D eigenvalue weighted by atomic mass is 32.1. The number of hydrogen-bond acceptors (Lipinski definition) is 2. The fourth-order valence-electron chi connectivity index (χ4n) is 2.08. The number of nitrogens with two attached hydrogens (primary N) is 1. The largest absolute Gasteiger partial charge is 0.389 e. The Balaban J connectivity index is 2.17. The van der Waals surface area contributed by atoms with Crippen molar-refractivity contribution in [3.63, 3.8) is 0 Å². The maximum absolute atomic E-state index is 13.7. The number of carbonyl (C=O) groups is 1. The van der Waals surface area contributed by atoms with Crippen LogP contribution in [0.5, 0.6) is 0 Å². The van der Waals surface area contributed by atoms with Gasteiger partial charge in [-0.15, -0.1) is 0 Å². The third-order valence-corrected chi connectivity index (χ3v) is 3.19. The van der Waals surface area contributed by atoms with Gasteiger partial charge in [-0.1, -0.05) is 48.1 Å². The van der Waals surface area contributed by atoms with Crippen molar-refractivity contribution in [2.75, 3.05) is 5.32 Å². The molecule has 0 unspecified atom stereocenters. The van der Waals surface area contributed by atoms with Crippen LogP contribution in [-0.4, -0.2) is 10.9 Å². The quantitative estimate of drug-likeness (QED) is 0.854. The summed E-state index contributed by atoms with van der Waals surface area (Å²) in [6.07, 6.45) is 0.203. The lowest BCUT2D eigenvalue weighted by molar-refractivity contribution is -0.115. The summed E-state index contributed by atoms with van der Waals surface area (Å²) in [6.45, 7) is 1.96. The Hall–Kier alpha value is -2.27. The smallest absolute Gasteiger partial charge is 0.228 e. The minimum absolute atomic E-state index is 0.0603. The molecule has 3 N–H and O–H groups in total. The van der Waals surface area contributed by atoms with E-state index >= 15 is 0 Å². The normalized spacial score (nSPS) is 10.2. The number of carbonyl (C=O) groups excluding carboxylic acids is 1. The Labute approximate surface area is 128 Å². The maximum atomic E-state index is 13.7. The summed E-state index contributed by atoms with van der Waals surface area (Å²) in [5.41, 5.74) is 7.82. The predicted octanol–water partition coefficient (Wildman–Crippen LogP) is 2.95. The van der Waals surface area contributed by atoms with E-state index in [1.165, 1.54) is 12.1 Å². The molecule has 0 saturated carbocycles. The van der Waals surface area contributed by atoms with Gasteiger partial charge in [0.2, 0.25) is 5.91 Å². The lowest BCUT2D eigenvalue weighted by Crippen LogP contribution is -2.20. The summed E-state index contributed by atoms with van der Waals surface area (Å²) in [6, 6.07) is 12.0. The molecule has 3 nitrogen and oxygen atoms in total. The van der Waals surface area contributed by atoms with Crippen LogP contribution in [0.2, 0.25) is 0 Å². The molecule has 0 aliphatic rings. The van der Waals surface area contributed by atoms with Crippen LogP contribution < -0.4 is 11.1 Å².